The molecule has 60 valence electrons. The number of aliphatic hydroxyl groups excluding tert-OH is 1. The minimum Gasteiger partial charge on any atom is -0.393 e. The summed E-state index contributed by atoms with van der Waals surface area (Å²) in [5.41, 5.74) is -0.748. The molecule has 0 saturated heterocycles. The Bertz CT molecular complexity index is 110. The summed E-state index contributed by atoms with van der Waals surface area (Å²) in [4.78, 5) is 0. The van der Waals surface area contributed by atoms with Crippen LogP contribution in [0.2, 0.25) is 0 Å². The molecule has 3 nitrogen and oxygen atoms in total. The van der Waals surface area contributed by atoms with Gasteiger partial charge in [0.25, 0.3) is 0 Å². The Labute approximate surface area is 61.1 Å². The van der Waals surface area contributed by atoms with Crippen LogP contribution in [0.5, 0.6) is 0 Å². The lowest BCUT2D eigenvalue weighted by Crippen LogP contribution is -2.49. The molecule has 0 aromatic rings. The third kappa shape index (κ3) is 1.48. The van der Waals surface area contributed by atoms with Gasteiger partial charge in [-0.3, -0.25) is 0 Å². The maximum atomic E-state index is 9.34. The first-order chi connectivity index (χ1) is 4.70. The van der Waals surface area contributed by atoms with Crippen LogP contribution >= 0.6 is 0 Å². The highest BCUT2D eigenvalue weighted by Gasteiger charge is 2.41. The van der Waals surface area contributed by atoms with E-state index in [0.29, 0.717) is 5.92 Å². The summed E-state index contributed by atoms with van der Waals surface area (Å²) in [7, 11) is 1.90. The van der Waals surface area contributed by atoms with Crippen molar-refractivity contribution in [2.45, 2.75) is 18.4 Å². The van der Waals surface area contributed by atoms with E-state index in [9.17, 15) is 5.11 Å². The van der Waals surface area contributed by atoms with Crippen molar-refractivity contribution in [2.24, 2.45) is 5.92 Å². The van der Waals surface area contributed by atoms with E-state index in [4.69, 9.17) is 5.11 Å². The van der Waals surface area contributed by atoms with Crippen LogP contribution in [0.25, 0.3) is 0 Å². The molecular weight excluding hydrogens is 130 g/mol. The first kappa shape index (κ1) is 7.98. The molecule has 0 spiro atoms. The second-order valence-corrected chi connectivity index (χ2v) is 3.21. The smallest absolute Gasteiger partial charge is 0.0883 e. The first-order valence-corrected chi connectivity index (χ1v) is 3.68. The van der Waals surface area contributed by atoms with E-state index in [1.165, 1.54) is 0 Å². The van der Waals surface area contributed by atoms with Crippen LogP contribution in [0, 0.1) is 5.92 Å². The largest absolute Gasteiger partial charge is 0.393 e. The van der Waals surface area contributed by atoms with Gasteiger partial charge in [0.2, 0.25) is 0 Å². The maximum absolute atomic E-state index is 9.34. The van der Waals surface area contributed by atoms with E-state index in [-0.39, 0.29) is 6.61 Å². The lowest BCUT2D eigenvalue weighted by atomic mass is 9.71. The molecule has 1 rings (SSSR count). The summed E-state index contributed by atoms with van der Waals surface area (Å²) < 4.78 is 0. The van der Waals surface area contributed by atoms with Crippen molar-refractivity contribution in [1.29, 1.82) is 0 Å². The molecule has 0 aromatic carbocycles. The number of hydrogen-bond donors (Lipinski definition) is 3. The molecule has 0 heterocycles. The van der Waals surface area contributed by atoms with Gasteiger partial charge in [0, 0.05) is 0 Å². The van der Waals surface area contributed by atoms with Crippen molar-refractivity contribution >= 4 is 0 Å². The Hall–Kier alpha value is -0.120. The summed E-state index contributed by atoms with van der Waals surface area (Å²) >= 11 is 0. The number of nitrogens with one attached hydrogen (secondary N) is 1. The van der Waals surface area contributed by atoms with E-state index >= 15 is 0 Å². The molecule has 0 bridgehead atoms. The van der Waals surface area contributed by atoms with E-state index in [0.717, 1.165) is 19.4 Å². The molecule has 0 amide bonds. The van der Waals surface area contributed by atoms with Crippen LogP contribution in [0.3, 0.4) is 0 Å². The minimum absolute atomic E-state index is 0.0901. The molecule has 1 saturated carbocycles. The molecule has 3 heteroatoms. The molecule has 1 aliphatic carbocycles. The van der Waals surface area contributed by atoms with Gasteiger partial charge in [-0.2, -0.15) is 0 Å². The highest BCUT2D eigenvalue weighted by atomic mass is 16.3. The van der Waals surface area contributed by atoms with E-state index in [1.54, 1.807) is 0 Å². The van der Waals surface area contributed by atoms with Crippen LogP contribution in [0.4, 0.5) is 0 Å². The zero-order valence-electron chi connectivity index (χ0n) is 6.30. The minimum atomic E-state index is -0.748. The predicted molar refractivity (Wildman–Crippen MR) is 38.7 cm³/mol. The Kier molecular flexibility index (Phi) is 2.28. The highest BCUT2D eigenvalue weighted by Crippen LogP contribution is 2.36. The number of aliphatic hydroxyl groups is 2. The third-order valence-corrected chi connectivity index (χ3v) is 2.12. The first-order valence-electron chi connectivity index (χ1n) is 3.68. The summed E-state index contributed by atoms with van der Waals surface area (Å²) in [5, 5.41) is 21.0. The molecule has 0 radical (unpaired) electrons. The van der Waals surface area contributed by atoms with Gasteiger partial charge in [-0.25, -0.2) is 0 Å². The van der Waals surface area contributed by atoms with Gasteiger partial charge in [-0.15, -0.1) is 0 Å². The van der Waals surface area contributed by atoms with Crippen molar-refractivity contribution in [3.05, 3.63) is 0 Å². The molecule has 1 fully saturated rings. The topological polar surface area (TPSA) is 52.5 Å². The van der Waals surface area contributed by atoms with Crippen molar-refractivity contribution in [3.8, 4) is 0 Å². The van der Waals surface area contributed by atoms with Crippen LogP contribution in [-0.4, -0.2) is 36.0 Å². The highest BCUT2D eigenvalue weighted by molar-refractivity contribution is 4.94. The SMILES string of the molecule is CNCC1CC(O)(CO)C1. The quantitative estimate of drug-likeness (QED) is 0.494. The molecule has 3 N–H and O–H groups in total. The summed E-state index contributed by atoms with van der Waals surface area (Å²) in [6, 6.07) is 0. The Morgan fingerprint density at radius 3 is 2.60 bits per heavy atom. The van der Waals surface area contributed by atoms with Crippen LogP contribution in [0.1, 0.15) is 12.8 Å². The molecule has 0 unspecified atom stereocenters. The Balaban J connectivity index is 2.16. The zero-order valence-corrected chi connectivity index (χ0v) is 6.30. The average Bonchev–Trinajstić information content (AvgIpc) is 1.85. The molecule has 1 aliphatic rings. The van der Waals surface area contributed by atoms with Gasteiger partial charge in [-0.1, -0.05) is 0 Å². The fraction of sp³-hybridized carbons (Fsp3) is 1.00. The molecular formula is C7H15NO2. The van der Waals surface area contributed by atoms with Gasteiger partial charge in [0.15, 0.2) is 0 Å². The Morgan fingerprint density at radius 1 is 1.60 bits per heavy atom. The maximum Gasteiger partial charge on any atom is 0.0883 e. The Morgan fingerprint density at radius 2 is 2.20 bits per heavy atom. The van der Waals surface area contributed by atoms with E-state index < -0.39 is 5.60 Å². The van der Waals surface area contributed by atoms with Crippen molar-refractivity contribution < 1.29 is 10.2 Å². The normalized spacial score (nSPS) is 39.3. The lowest BCUT2D eigenvalue weighted by Gasteiger charge is -2.42. The van der Waals surface area contributed by atoms with Gasteiger partial charge in [0.05, 0.1) is 12.2 Å². The molecule has 0 atom stereocenters. The van der Waals surface area contributed by atoms with Gasteiger partial charge in [-0.05, 0) is 32.4 Å². The second-order valence-electron chi connectivity index (χ2n) is 3.21. The van der Waals surface area contributed by atoms with Crippen molar-refractivity contribution in [2.75, 3.05) is 20.2 Å². The van der Waals surface area contributed by atoms with Crippen molar-refractivity contribution in [3.63, 3.8) is 0 Å². The fourth-order valence-corrected chi connectivity index (χ4v) is 1.58. The second kappa shape index (κ2) is 2.86. The van der Waals surface area contributed by atoms with Gasteiger partial charge >= 0.3 is 0 Å². The molecule has 0 aliphatic heterocycles. The zero-order chi connectivity index (χ0) is 7.61. The summed E-state index contributed by atoms with van der Waals surface area (Å²) in [5.74, 6) is 0.558. The lowest BCUT2D eigenvalue weighted by molar-refractivity contribution is -0.105. The van der Waals surface area contributed by atoms with Gasteiger partial charge in [0.1, 0.15) is 0 Å². The van der Waals surface area contributed by atoms with Crippen LogP contribution < -0.4 is 5.32 Å². The predicted octanol–water partition coefficient (Wildman–Crippen LogP) is -0.661. The van der Waals surface area contributed by atoms with Gasteiger partial charge < -0.3 is 15.5 Å². The molecule has 0 aromatic heterocycles. The van der Waals surface area contributed by atoms with Crippen LogP contribution in [0.15, 0.2) is 0 Å². The molecule has 10 heavy (non-hydrogen) atoms. The standard InChI is InChI=1S/C7H15NO2/c1-8-4-6-2-7(10,3-6)5-9/h6,8-10H,2-5H2,1H3. The fourth-order valence-electron chi connectivity index (χ4n) is 1.58. The van der Waals surface area contributed by atoms with E-state index in [2.05, 4.69) is 5.32 Å². The van der Waals surface area contributed by atoms with Crippen LogP contribution in [-0.2, 0) is 0 Å². The van der Waals surface area contributed by atoms with Crippen molar-refractivity contribution in [1.82, 2.24) is 5.32 Å². The number of hydrogen-bond acceptors (Lipinski definition) is 3. The monoisotopic (exact) mass is 145 g/mol. The number of rotatable bonds is 3. The third-order valence-electron chi connectivity index (χ3n) is 2.12. The average molecular weight is 145 g/mol. The summed E-state index contributed by atoms with van der Waals surface area (Å²) in [6.07, 6.45) is 1.48. The van der Waals surface area contributed by atoms with E-state index in [1.807, 2.05) is 7.05 Å². The summed E-state index contributed by atoms with van der Waals surface area (Å²) in [6.45, 7) is 0.857.